The first kappa shape index (κ1) is 11.9. The molecule has 0 bridgehead atoms. The molecule has 4 heteroatoms. The Kier molecular flexibility index (Phi) is 3.61. The van der Waals surface area contributed by atoms with Gasteiger partial charge in [0.2, 0.25) is 0 Å². The number of nitro benzene ring substituents is 1. The number of para-hydroxylation sites is 1. The van der Waals surface area contributed by atoms with Crippen LogP contribution in [0.3, 0.4) is 0 Å². The Morgan fingerprint density at radius 2 is 2.12 bits per heavy atom. The Balaban J connectivity index is 2.09. The Labute approximate surface area is 101 Å². The predicted molar refractivity (Wildman–Crippen MR) is 65.3 cm³/mol. The summed E-state index contributed by atoms with van der Waals surface area (Å²) in [7, 11) is 0. The van der Waals surface area contributed by atoms with Gasteiger partial charge in [0.05, 0.1) is 11.5 Å². The van der Waals surface area contributed by atoms with Crippen molar-refractivity contribution < 1.29 is 9.66 Å². The van der Waals surface area contributed by atoms with Crippen LogP contribution in [0.1, 0.15) is 31.2 Å². The Hall–Kier alpha value is -1.58. The second kappa shape index (κ2) is 5.17. The predicted octanol–water partition coefficient (Wildman–Crippen LogP) is 3.47. The first-order valence-electron chi connectivity index (χ1n) is 6.05. The van der Waals surface area contributed by atoms with Gasteiger partial charge >= 0.3 is 5.69 Å². The average Bonchev–Trinajstić information content (AvgIpc) is 2.78. The minimum Gasteiger partial charge on any atom is -0.487 e. The van der Waals surface area contributed by atoms with Gasteiger partial charge in [-0.2, -0.15) is 0 Å². The van der Waals surface area contributed by atoms with Crippen LogP contribution in [0, 0.1) is 23.0 Å². The number of rotatable bonds is 4. The third kappa shape index (κ3) is 2.75. The topological polar surface area (TPSA) is 52.4 Å². The molecule has 1 aromatic carbocycles. The lowest BCUT2D eigenvalue weighted by molar-refractivity contribution is -0.386. The summed E-state index contributed by atoms with van der Waals surface area (Å²) in [4.78, 5) is 10.6. The van der Waals surface area contributed by atoms with Gasteiger partial charge in [-0.15, -0.1) is 0 Å². The van der Waals surface area contributed by atoms with Gasteiger partial charge in [-0.05, 0) is 31.7 Å². The van der Waals surface area contributed by atoms with E-state index < -0.39 is 0 Å². The molecule has 1 aromatic rings. The van der Waals surface area contributed by atoms with Crippen molar-refractivity contribution in [2.24, 2.45) is 5.92 Å². The van der Waals surface area contributed by atoms with Crippen LogP contribution in [0.15, 0.2) is 18.2 Å². The minimum atomic E-state index is -0.362. The zero-order chi connectivity index (χ0) is 12.3. The summed E-state index contributed by atoms with van der Waals surface area (Å²) >= 11 is 0. The molecule has 1 aliphatic carbocycles. The Morgan fingerprint density at radius 1 is 1.41 bits per heavy atom. The van der Waals surface area contributed by atoms with Crippen LogP contribution < -0.4 is 4.74 Å². The molecule has 2 rings (SSSR count). The molecule has 0 amide bonds. The molecule has 0 radical (unpaired) electrons. The molecule has 0 atom stereocenters. The maximum atomic E-state index is 11.0. The van der Waals surface area contributed by atoms with E-state index in [0.29, 0.717) is 23.8 Å². The van der Waals surface area contributed by atoms with Crippen LogP contribution in [-0.2, 0) is 0 Å². The van der Waals surface area contributed by atoms with Crippen molar-refractivity contribution in [2.75, 3.05) is 6.61 Å². The molecule has 0 N–H and O–H groups in total. The molecule has 1 aliphatic rings. The second-order valence-electron chi connectivity index (χ2n) is 4.64. The van der Waals surface area contributed by atoms with E-state index in [1.54, 1.807) is 25.1 Å². The molecule has 92 valence electrons. The standard InChI is InChI=1S/C13H17NO3/c1-10-5-4-8-12(13(10)14(15)16)17-9-11-6-2-3-7-11/h4-5,8,11H,2-3,6-7,9H2,1H3. The number of ether oxygens (including phenoxy) is 1. The van der Waals surface area contributed by atoms with E-state index in [2.05, 4.69) is 0 Å². The van der Waals surface area contributed by atoms with Gasteiger partial charge < -0.3 is 4.74 Å². The summed E-state index contributed by atoms with van der Waals surface area (Å²) in [5.74, 6) is 0.969. The van der Waals surface area contributed by atoms with Crippen molar-refractivity contribution in [1.29, 1.82) is 0 Å². The number of hydrogen-bond acceptors (Lipinski definition) is 3. The highest BCUT2D eigenvalue weighted by Gasteiger charge is 2.21. The van der Waals surface area contributed by atoms with Crippen LogP contribution >= 0.6 is 0 Å². The van der Waals surface area contributed by atoms with E-state index in [9.17, 15) is 10.1 Å². The fourth-order valence-electron chi connectivity index (χ4n) is 2.37. The first-order valence-corrected chi connectivity index (χ1v) is 6.05. The van der Waals surface area contributed by atoms with Gasteiger partial charge in [0.25, 0.3) is 0 Å². The Bertz CT molecular complexity index is 411. The van der Waals surface area contributed by atoms with Crippen molar-refractivity contribution in [3.05, 3.63) is 33.9 Å². The molecular formula is C13H17NO3. The summed E-state index contributed by atoms with van der Waals surface area (Å²) in [6, 6.07) is 5.22. The zero-order valence-electron chi connectivity index (χ0n) is 10.0. The quantitative estimate of drug-likeness (QED) is 0.593. The molecular weight excluding hydrogens is 218 g/mol. The molecule has 0 spiro atoms. The largest absolute Gasteiger partial charge is 0.487 e. The molecule has 0 saturated heterocycles. The number of benzene rings is 1. The molecule has 0 unspecified atom stereocenters. The van der Waals surface area contributed by atoms with Gasteiger partial charge in [0.1, 0.15) is 0 Å². The van der Waals surface area contributed by atoms with Gasteiger partial charge in [-0.1, -0.05) is 25.0 Å². The van der Waals surface area contributed by atoms with E-state index in [1.165, 1.54) is 25.7 Å². The fourth-order valence-corrected chi connectivity index (χ4v) is 2.37. The van der Waals surface area contributed by atoms with Crippen molar-refractivity contribution in [3.8, 4) is 5.75 Å². The smallest absolute Gasteiger partial charge is 0.313 e. The maximum Gasteiger partial charge on any atom is 0.313 e. The lowest BCUT2D eigenvalue weighted by Crippen LogP contribution is -2.09. The van der Waals surface area contributed by atoms with E-state index >= 15 is 0 Å². The molecule has 1 saturated carbocycles. The normalized spacial score (nSPS) is 16.1. The van der Waals surface area contributed by atoms with Crippen molar-refractivity contribution >= 4 is 5.69 Å². The summed E-state index contributed by atoms with van der Waals surface area (Å²) in [5.41, 5.74) is 0.754. The van der Waals surface area contributed by atoms with Crippen LogP contribution in [0.5, 0.6) is 5.75 Å². The lowest BCUT2D eigenvalue weighted by Gasteiger charge is -2.12. The van der Waals surface area contributed by atoms with E-state index in [-0.39, 0.29) is 10.6 Å². The maximum absolute atomic E-state index is 11.0. The molecule has 4 nitrogen and oxygen atoms in total. The van der Waals surface area contributed by atoms with Crippen LogP contribution in [0.25, 0.3) is 0 Å². The molecule has 0 aromatic heterocycles. The summed E-state index contributed by atoms with van der Waals surface area (Å²) in [5, 5.41) is 11.0. The van der Waals surface area contributed by atoms with E-state index in [1.807, 2.05) is 0 Å². The summed E-state index contributed by atoms with van der Waals surface area (Å²) in [6.07, 6.45) is 4.87. The number of aryl methyl sites for hydroxylation is 1. The monoisotopic (exact) mass is 235 g/mol. The Morgan fingerprint density at radius 3 is 2.76 bits per heavy atom. The summed E-state index contributed by atoms with van der Waals surface area (Å²) in [6.45, 7) is 2.34. The van der Waals surface area contributed by atoms with Gasteiger partial charge in [0.15, 0.2) is 5.75 Å². The number of hydrogen-bond donors (Lipinski definition) is 0. The lowest BCUT2D eigenvalue weighted by atomic mass is 10.1. The van der Waals surface area contributed by atoms with E-state index in [4.69, 9.17) is 4.74 Å². The van der Waals surface area contributed by atoms with Crippen molar-refractivity contribution in [2.45, 2.75) is 32.6 Å². The minimum absolute atomic E-state index is 0.102. The molecule has 0 aliphatic heterocycles. The third-order valence-electron chi connectivity index (χ3n) is 3.33. The summed E-state index contributed by atoms with van der Waals surface area (Å²) < 4.78 is 5.62. The highest BCUT2D eigenvalue weighted by molar-refractivity contribution is 5.51. The molecule has 1 fully saturated rings. The number of nitro groups is 1. The van der Waals surface area contributed by atoms with Crippen LogP contribution in [0.2, 0.25) is 0 Å². The van der Waals surface area contributed by atoms with Crippen molar-refractivity contribution in [3.63, 3.8) is 0 Å². The second-order valence-corrected chi connectivity index (χ2v) is 4.64. The molecule has 0 heterocycles. The first-order chi connectivity index (χ1) is 8.18. The van der Waals surface area contributed by atoms with Crippen LogP contribution in [0.4, 0.5) is 5.69 Å². The van der Waals surface area contributed by atoms with Gasteiger partial charge in [-0.25, -0.2) is 0 Å². The van der Waals surface area contributed by atoms with Crippen LogP contribution in [-0.4, -0.2) is 11.5 Å². The van der Waals surface area contributed by atoms with E-state index in [0.717, 1.165) is 0 Å². The zero-order valence-corrected chi connectivity index (χ0v) is 10.0. The highest BCUT2D eigenvalue weighted by Crippen LogP contribution is 2.32. The SMILES string of the molecule is Cc1cccc(OCC2CCCC2)c1[N+](=O)[O-]. The third-order valence-corrected chi connectivity index (χ3v) is 3.33. The average molecular weight is 235 g/mol. The fraction of sp³-hybridized carbons (Fsp3) is 0.538. The highest BCUT2D eigenvalue weighted by atomic mass is 16.6. The number of nitrogens with zero attached hydrogens (tertiary/aromatic N) is 1. The van der Waals surface area contributed by atoms with Gasteiger partial charge in [0, 0.05) is 5.56 Å². The van der Waals surface area contributed by atoms with Crippen molar-refractivity contribution in [1.82, 2.24) is 0 Å². The molecule has 17 heavy (non-hydrogen) atoms. The van der Waals surface area contributed by atoms with Gasteiger partial charge in [-0.3, -0.25) is 10.1 Å².